The summed E-state index contributed by atoms with van der Waals surface area (Å²) in [4.78, 5) is 0. The topological polar surface area (TPSA) is 87.9 Å². The second-order valence-corrected chi connectivity index (χ2v) is 9.78. The summed E-state index contributed by atoms with van der Waals surface area (Å²) >= 11 is 0. The number of aromatic nitrogens is 1. The Morgan fingerprint density at radius 2 is 1.81 bits per heavy atom. The average molecular weight is 458 g/mol. The first-order valence-electron chi connectivity index (χ1n) is 10.7. The maximum atomic E-state index is 11.2. The van der Waals surface area contributed by atoms with Crippen molar-refractivity contribution in [3.63, 3.8) is 0 Å². The number of hydrogen-bond donors (Lipinski definition) is 0. The lowest BCUT2D eigenvalue weighted by atomic mass is 10.1. The van der Waals surface area contributed by atoms with Crippen LogP contribution in [0.1, 0.15) is 31.9 Å². The molecule has 0 amide bonds. The van der Waals surface area contributed by atoms with Crippen LogP contribution in [0.5, 0.6) is 17.2 Å². The van der Waals surface area contributed by atoms with Gasteiger partial charge in [-0.2, -0.15) is 8.42 Å². The van der Waals surface area contributed by atoms with E-state index < -0.39 is 16.2 Å². The number of rotatable bonds is 11. The predicted molar refractivity (Wildman–Crippen MR) is 120 cm³/mol. The maximum absolute atomic E-state index is 11.2. The molecule has 0 N–H and O–H groups in total. The molecule has 32 heavy (non-hydrogen) atoms. The molecule has 1 aromatic heterocycles. The first kappa shape index (κ1) is 22.4. The average Bonchev–Trinajstić information content (AvgIpc) is 3.46. The highest BCUT2D eigenvalue weighted by molar-refractivity contribution is 7.86. The minimum absolute atomic E-state index is 0.424. The molecule has 2 aromatic carbocycles. The van der Waals surface area contributed by atoms with Crippen LogP contribution in [0.3, 0.4) is 0 Å². The third-order valence-corrected chi connectivity index (χ3v) is 5.75. The van der Waals surface area contributed by atoms with Gasteiger partial charge < -0.3 is 14.0 Å². The third-order valence-electron chi connectivity index (χ3n) is 5.07. The maximum Gasteiger partial charge on any atom is 0.264 e. The van der Waals surface area contributed by atoms with Crippen LogP contribution in [-0.4, -0.2) is 32.5 Å². The van der Waals surface area contributed by atoms with Crippen molar-refractivity contribution in [2.45, 2.75) is 38.7 Å². The molecule has 1 aliphatic carbocycles. The molecule has 0 bridgehead atoms. The van der Waals surface area contributed by atoms with Gasteiger partial charge in [0.2, 0.25) is 0 Å². The van der Waals surface area contributed by atoms with E-state index in [1.54, 1.807) is 6.92 Å². The van der Waals surface area contributed by atoms with Gasteiger partial charge in [0.1, 0.15) is 28.7 Å². The Balaban J connectivity index is 1.32. The summed E-state index contributed by atoms with van der Waals surface area (Å²) in [6, 6.07) is 17.1. The number of hydrogen-bond acceptors (Lipinski definition) is 7. The van der Waals surface area contributed by atoms with Gasteiger partial charge in [0, 0.05) is 24.1 Å². The van der Waals surface area contributed by atoms with Crippen molar-refractivity contribution in [3.8, 4) is 28.5 Å². The Bertz CT molecular complexity index is 1140. The van der Waals surface area contributed by atoms with Gasteiger partial charge in [-0.25, -0.2) is 0 Å². The molecule has 0 aliphatic heterocycles. The fourth-order valence-electron chi connectivity index (χ4n) is 3.21. The van der Waals surface area contributed by atoms with E-state index in [0.717, 1.165) is 29.9 Å². The lowest BCUT2D eigenvalue weighted by molar-refractivity contribution is 0.216. The van der Waals surface area contributed by atoms with Crippen molar-refractivity contribution in [1.29, 1.82) is 0 Å². The van der Waals surface area contributed by atoms with E-state index in [2.05, 4.69) is 5.16 Å². The largest absolute Gasteiger partial charge is 0.493 e. The standard InChI is InChI=1S/C24H27NO6S/c1-17(31-32(2,26)27)6-11-23-15-24(25-30-23)19-9-12-20(13-10-19)29-22-5-3-4-21(14-22)28-16-18-7-8-18/h3-5,9-10,12-15,17-18H,6-8,11,16H2,1-2H3. The zero-order valence-electron chi connectivity index (χ0n) is 18.2. The summed E-state index contributed by atoms with van der Waals surface area (Å²) in [5, 5.41) is 4.11. The molecule has 1 fully saturated rings. The molecule has 170 valence electrons. The highest BCUT2D eigenvalue weighted by Crippen LogP contribution is 2.31. The second kappa shape index (κ2) is 9.75. The van der Waals surface area contributed by atoms with E-state index in [0.29, 0.717) is 36.0 Å². The van der Waals surface area contributed by atoms with E-state index in [1.165, 1.54) is 12.8 Å². The first-order chi connectivity index (χ1) is 15.3. The van der Waals surface area contributed by atoms with E-state index in [9.17, 15) is 8.42 Å². The van der Waals surface area contributed by atoms with E-state index in [4.69, 9.17) is 18.2 Å². The fraction of sp³-hybridized carbons (Fsp3) is 0.375. The van der Waals surface area contributed by atoms with Gasteiger partial charge in [0.05, 0.1) is 19.0 Å². The van der Waals surface area contributed by atoms with Crippen LogP contribution in [0.4, 0.5) is 0 Å². The highest BCUT2D eigenvalue weighted by atomic mass is 32.2. The van der Waals surface area contributed by atoms with Crippen LogP contribution in [0, 0.1) is 5.92 Å². The molecule has 1 atom stereocenters. The normalized spacial score (nSPS) is 14.8. The van der Waals surface area contributed by atoms with Gasteiger partial charge >= 0.3 is 0 Å². The van der Waals surface area contributed by atoms with Gasteiger partial charge in [0.15, 0.2) is 0 Å². The summed E-state index contributed by atoms with van der Waals surface area (Å²) in [5.74, 6) is 3.63. The highest BCUT2D eigenvalue weighted by Gasteiger charge is 2.22. The molecule has 0 radical (unpaired) electrons. The van der Waals surface area contributed by atoms with Crippen molar-refractivity contribution in [2.75, 3.05) is 12.9 Å². The van der Waals surface area contributed by atoms with E-state index in [-0.39, 0.29) is 0 Å². The number of benzene rings is 2. The zero-order chi connectivity index (χ0) is 22.6. The first-order valence-corrected chi connectivity index (χ1v) is 12.5. The number of ether oxygens (including phenoxy) is 2. The summed E-state index contributed by atoms with van der Waals surface area (Å²) in [6.07, 6.45) is 4.18. The van der Waals surface area contributed by atoms with Crippen LogP contribution >= 0.6 is 0 Å². The van der Waals surface area contributed by atoms with Crippen LogP contribution in [0.25, 0.3) is 11.3 Å². The van der Waals surface area contributed by atoms with E-state index >= 15 is 0 Å². The summed E-state index contributed by atoms with van der Waals surface area (Å²) in [5.41, 5.74) is 1.60. The van der Waals surface area contributed by atoms with Crippen LogP contribution in [-0.2, 0) is 20.7 Å². The second-order valence-electron chi connectivity index (χ2n) is 8.18. The lowest BCUT2D eigenvalue weighted by Gasteiger charge is -2.09. The van der Waals surface area contributed by atoms with E-state index in [1.807, 2.05) is 54.6 Å². The molecule has 0 saturated heterocycles. The van der Waals surface area contributed by atoms with Crippen molar-refractivity contribution in [1.82, 2.24) is 5.16 Å². The Morgan fingerprint density at radius 1 is 1.06 bits per heavy atom. The van der Waals surface area contributed by atoms with Gasteiger partial charge in [-0.05, 0) is 68.5 Å². The molecular formula is C24H27NO6S. The zero-order valence-corrected chi connectivity index (χ0v) is 19.0. The molecule has 0 spiro atoms. The quantitative estimate of drug-likeness (QED) is 0.365. The monoisotopic (exact) mass is 457 g/mol. The summed E-state index contributed by atoms with van der Waals surface area (Å²) in [7, 11) is -3.46. The van der Waals surface area contributed by atoms with Crippen molar-refractivity contribution in [2.24, 2.45) is 5.92 Å². The van der Waals surface area contributed by atoms with Crippen LogP contribution in [0.15, 0.2) is 59.1 Å². The Hall–Kier alpha value is -2.84. The van der Waals surface area contributed by atoms with Crippen molar-refractivity contribution in [3.05, 3.63) is 60.4 Å². The molecule has 1 saturated carbocycles. The van der Waals surface area contributed by atoms with Crippen molar-refractivity contribution >= 4 is 10.1 Å². The molecule has 7 nitrogen and oxygen atoms in total. The summed E-state index contributed by atoms with van der Waals surface area (Å²) in [6.45, 7) is 2.48. The van der Waals surface area contributed by atoms with Gasteiger partial charge in [-0.1, -0.05) is 11.2 Å². The predicted octanol–water partition coefficient (Wildman–Crippen LogP) is 5.22. The molecular weight excluding hydrogens is 430 g/mol. The summed E-state index contributed by atoms with van der Waals surface area (Å²) < 4.78 is 44.4. The number of nitrogens with zero attached hydrogens (tertiary/aromatic N) is 1. The third kappa shape index (κ3) is 6.83. The van der Waals surface area contributed by atoms with Crippen LogP contribution < -0.4 is 9.47 Å². The molecule has 8 heteroatoms. The molecule has 3 aromatic rings. The minimum atomic E-state index is -3.46. The lowest BCUT2D eigenvalue weighted by Crippen LogP contribution is -2.14. The van der Waals surface area contributed by atoms with Gasteiger partial charge in [0.25, 0.3) is 10.1 Å². The van der Waals surface area contributed by atoms with Crippen LogP contribution in [0.2, 0.25) is 0 Å². The SMILES string of the molecule is CC(CCc1cc(-c2ccc(Oc3cccc(OCC4CC4)c3)cc2)no1)OS(C)(=O)=O. The molecule has 1 aliphatic rings. The van der Waals surface area contributed by atoms with Gasteiger partial charge in [-0.15, -0.1) is 0 Å². The number of aryl methyl sites for hydroxylation is 1. The Kier molecular flexibility index (Phi) is 6.81. The fourth-order valence-corrected chi connectivity index (χ4v) is 3.91. The minimum Gasteiger partial charge on any atom is -0.493 e. The smallest absolute Gasteiger partial charge is 0.264 e. The van der Waals surface area contributed by atoms with Gasteiger partial charge in [-0.3, -0.25) is 4.18 Å². The molecule has 1 unspecified atom stereocenters. The Labute approximate surface area is 188 Å². The Morgan fingerprint density at radius 3 is 2.53 bits per heavy atom. The molecule has 1 heterocycles. The van der Waals surface area contributed by atoms with Crippen molar-refractivity contribution < 1.29 is 26.6 Å². The molecule has 4 rings (SSSR count).